The van der Waals surface area contributed by atoms with Gasteiger partial charge in [-0.05, 0) is 18.1 Å². The van der Waals surface area contributed by atoms with Crippen LogP contribution in [0.4, 0.5) is 0 Å². The number of rotatable bonds is 5. The van der Waals surface area contributed by atoms with Crippen molar-refractivity contribution >= 4 is 23.4 Å². The summed E-state index contributed by atoms with van der Waals surface area (Å²) in [5.74, 6) is -0.857. The van der Waals surface area contributed by atoms with Crippen molar-refractivity contribution in [1.82, 2.24) is 10.2 Å². The van der Waals surface area contributed by atoms with E-state index in [9.17, 15) is 9.59 Å². The van der Waals surface area contributed by atoms with Crippen LogP contribution in [-0.4, -0.2) is 16.7 Å². The molecule has 1 aliphatic rings. The van der Waals surface area contributed by atoms with Crippen LogP contribution < -0.4 is 5.32 Å². The van der Waals surface area contributed by atoms with E-state index in [-0.39, 0.29) is 23.3 Å². The monoisotopic (exact) mass is 340 g/mol. The molecule has 1 heterocycles. The zero-order chi connectivity index (χ0) is 17.1. The Balaban J connectivity index is 1.77. The molecular weight excluding hydrogens is 324 g/mol. The number of hydrogen-bond donors (Lipinski definition) is 1. The van der Waals surface area contributed by atoms with Gasteiger partial charge in [0.25, 0.3) is 11.8 Å². The third kappa shape index (κ3) is 3.19. The van der Waals surface area contributed by atoms with Gasteiger partial charge in [-0.25, -0.2) is 0 Å². The first-order valence-corrected chi connectivity index (χ1v) is 8.07. The minimum Gasteiger partial charge on any atom is -0.373 e. The Morgan fingerprint density at radius 1 is 0.958 bits per heavy atom. The van der Waals surface area contributed by atoms with Crippen LogP contribution in [0.25, 0.3) is 0 Å². The molecule has 0 bridgehead atoms. The van der Waals surface area contributed by atoms with Crippen LogP contribution >= 0.6 is 11.6 Å². The first-order chi connectivity index (χ1) is 11.6. The van der Waals surface area contributed by atoms with Gasteiger partial charge in [0.05, 0.1) is 6.54 Å². The van der Waals surface area contributed by atoms with Crippen LogP contribution in [0, 0.1) is 0 Å². The fraction of sp³-hybridized carbons (Fsp3) is 0.158. The number of amides is 2. The maximum absolute atomic E-state index is 12.6. The zero-order valence-corrected chi connectivity index (χ0v) is 14.0. The highest BCUT2D eigenvalue weighted by molar-refractivity contribution is 6.47. The van der Waals surface area contributed by atoms with Gasteiger partial charge in [-0.2, -0.15) is 0 Å². The van der Waals surface area contributed by atoms with Gasteiger partial charge in [0.2, 0.25) is 0 Å². The summed E-state index contributed by atoms with van der Waals surface area (Å²) in [5.41, 5.74) is 2.05. The van der Waals surface area contributed by atoms with E-state index in [1.807, 2.05) is 67.6 Å². The highest BCUT2D eigenvalue weighted by Crippen LogP contribution is 2.26. The minimum atomic E-state index is -0.465. The first kappa shape index (κ1) is 16.3. The number of nitrogens with zero attached hydrogens (tertiary/aromatic N) is 1. The molecule has 1 N–H and O–H groups in total. The number of halogens is 1. The van der Waals surface area contributed by atoms with Crippen LogP contribution in [0.5, 0.6) is 0 Å². The molecule has 0 saturated carbocycles. The summed E-state index contributed by atoms with van der Waals surface area (Å²) < 4.78 is 0. The number of carbonyl (C=O) groups excluding carboxylic acids is 2. The Morgan fingerprint density at radius 3 is 2.17 bits per heavy atom. The van der Waals surface area contributed by atoms with Crippen LogP contribution in [0.15, 0.2) is 71.4 Å². The molecule has 0 aromatic heterocycles. The molecule has 1 unspecified atom stereocenters. The summed E-state index contributed by atoms with van der Waals surface area (Å²) in [4.78, 5) is 26.1. The average Bonchev–Trinajstić information content (AvgIpc) is 2.81. The molecule has 0 saturated heterocycles. The number of carbonyl (C=O) groups is 2. The van der Waals surface area contributed by atoms with Gasteiger partial charge >= 0.3 is 0 Å². The Hall–Kier alpha value is -2.59. The molecule has 1 atom stereocenters. The Kier molecular flexibility index (Phi) is 4.67. The molecule has 0 aliphatic carbocycles. The lowest BCUT2D eigenvalue weighted by atomic mass is 10.1. The van der Waals surface area contributed by atoms with Crippen molar-refractivity contribution in [2.45, 2.75) is 19.5 Å². The van der Waals surface area contributed by atoms with Crippen molar-refractivity contribution in [2.75, 3.05) is 0 Å². The highest BCUT2D eigenvalue weighted by Gasteiger charge is 2.38. The number of imide groups is 1. The van der Waals surface area contributed by atoms with Crippen LogP contribution in [0.3, 0.4) is 0 Å². The molecule has 122 valence electrons. The molecule has 2 aromatic carbocycles. The van der Waals surface area contributed by atoms with Crippen molar-refractivity contribution in [1.29, 1.82) is 0 Å². The number of nitrogens with one attached hydrogen (secondary N) is 1. The smallest absolute Gasteiger partial charge is 0.278 e. The molecule has 0 spiro atoms. The Morgan fingerprint density at radius 2 is 1.54 bits per heavy atom. The van der Waals surface area contributed by atoms with Gasteiger partial charge in [0.1, 0.15) is 10.7 Å². The number of benzene rings is 2. The lowest BCUT2D eigenvalue weighted by molar-refractivity contribution is -0.138. The Bertz CT molecular complexity index is 788. The van der Waals surface area contributed by atoms with E-state index in [0.29, 0.717) is 0 Å². The molecule has 2 aromatic rings. The molecule has 3 rings (SSSR count). The average molecular weight is 341 g/mol. The Labute approximate surface area is 145 Å². The van der Waals surface area contributed by atoms with Crippen molar-refractivity contribution in [3.05, 3.63) is 82.5 Å². The van der Waals surface area contributed by atoms with Gasteiger partial charge in [0, 0.05) is 6.04 Å². The fourth-order valence-electron chi connectivity index (χ4n) is 2.62. The molecule has 4 nitrogen and oxygen atoms in total. The van der Waals surface area contributed by atoms with Crippen molar-refractivity contribution in [3.63, 3.8) is 0 Å². The topological polar surface area (TPSA) is 49.4 Å². The van der Waals surface area contributed by atoms with E-state index in [0.717, 1.165) is 16.0 Å². The normalized spacial score (nSPS) is 15.8. The lowest BCUT2D eigenvalue weighted by Crippen LogP contribution is -2.33. The SMILES string of the molecule is CC(NC1=C(Cl)C(=O)N(Cc2ccccc2)C1=O)c1ccccc1. The van der Waals surface area contributed by atoms with Crippen LogP contribution in [0.2, 0.25) is 0 Å². The molecular formula is C19H17ClN2O2. The summed E-state index contributed by atoms with van der Waals surface area (Å²) >= 11 is 6.12. The third-order valence-corrected chi connectivity index (χ3v) is 4.31. The van der Waals surface area contributed by atoms with Crippen molar-refractivity contribution in [3.8, 4) is 0 Å². The van der Waals surface area contributed by atoms with E-state index in [4.69, 9.17) is 11.6 Å². The van der Waals surface area contributed by atoms with Gasteiger partial charge in [0.15, 0.2) is 0 Å². The molecule has 5 heteroatoms. The quantitative estimate of drug-likeness (QED) is 0.849. The van der Waals surface area contributed by atoms with E-state index in [1.54, 1.807) is 0 Å². The maximum atomic E-state index is 12.6. The standard InChI is InChI=1S/C19H17ClN2O2/c1-13(15-10-6-3-7-11-15)21-17-16(20)18(23)22(19(17)24)12-14-8-4-2-5-9-14/h2-11,13,21H,12H2,1H3. The molecule has 0 radical (unpaired) electrons. The second kappa shape index (κ2) is 6.89. The van der Waals surface area contributed by atoms with E-state index in [2.05, 4.69) is 5.32 Å². The summed E-state index contributed by atoms with van der Waals surface area (Å²) in [6.07, 6.45) is 0. The van der Waals surface area contributed by atoms with E-state index >= 15 is 0 Å². The second-order valence-electron chi connectivity index (χ2n) is 5.65. The van der Waals surface area contributed by atoms with E-state index in [1.165, 1.54) is 0 Å². The van der Waals surface area contributed by atoms with Gasteiger partial charge in [-0.3, -0.25) is 14.5 Å². The summed E-state index contributed by atoms with van der Waals surface area (Å²) in [6, 6.07) is 18.9. The predicted octanol–water partition coefficient (Wildman–Crippen LogP) is 3.36. The molecule has 24 heavy (non-hydrogen) atoms. The largest absolute Gasteiger partial charge is 0.373 e. The maximum Gasteiger partial charge on any atom is 0.278 e. The van der Waals surface area contributed by atoms with Crippen molar-refractivity contribution in [2.24, 2.45) is 0 Å². The van der Waals surface area contributed by atoms with Crippen LogP contribution in [-0.2, 0) is 16.1 Å². The number of hydrogen-bond acceptors (Lipinski definition) is 3. The summed E-state index contributed by atoms with van der Waals surface area (Å²) in [6.45, 7) is 2.13. The second-order valence-corrected chi connectivity index (χ2v) is 6.03. The highest BCUT2D eigenvalue weighted by atomic mass is 35.5. The lowest BCUT2D eigenvalue weighted by Gasteiger charge is -2.18. The summed E-state index contributed by atoms with van der Waals surface area (Å²) in [5, 5.41) is 3.02. The predicted molar refractivity (Wildman–Crippen MR) is 92.9 cm³/mol. The molecule has 0 fully saturated rings. The van der Waals surface area contributed by atoms with Gasteiger partial charge in [-0.1, -0.05) is 72.3 Å². The fourth-order valence-corrected chi connectivity index (χ4v) is 2.86. The minimum absolute atomic E-state index is 0.0567. The molecule has 1 aliphatic heterocycles. The third-order valence-electron chi connectivity index (χ3n) is 3.96. The van der Waals surface area contributed by atoms with E-state index < -0.39 is 11.8 Å². The zero-order valence-electron chi connectivity index (χ0n) is 13.2. The first-order valence-electron chi connectivity index (χ1n) is 7.69. The van der Waals surface area contributed by atoms with Crippen molar-refractivity contribution < 1.29 is 9.59 Å². The summed E-state index contributed by atoms with van der Waals surface area (Å²) in [7, 11) is 0. The van der Waals surface area contributed by atoms with Crippen LogP contribution in [0.1, 0.15) is 24.1 Å². The van der Waals surface area contributed by atoms with Gasteiger partial charge in [-0.15, -0.1) is 0 Å². The van der Waals surface area contributed by atoms with Gasteiger partial charge < -0.3 is 5.32 Å². The molecule has 2 amide bonds.